The summed E-state index contributed by atoms with van der Waals surface area (Å²) in [5, 5.41) is 22.0. The van der Waals surface area contributed by atoms with E-state index in [1.807, 2.05) is 0 Å². The van der Waals surface area contributed by atoms with Crippen LogP contribution in [-0.4, -0.2) is 29.6 Å². The number of carbonyl (C=O) groups is 1. The lowest BCUT2D eigenvalue weighted by Crippen LogP contribution is -2.29. The lowest BCUT2D eigenvalue weighted by molar-refractivity contribution is -0.384. The van der Waals surface area contributed by atoms with Crippen LogP contribution in [0.5, 0.6) is 11.5 Å². The van der Waals surface area contributed by atoms with Gasteiger partial charge in [0.2, 0.25) is 0 Å². The summed E-state index contributed by atoms with van der Waals surface area (Å²) in [7, 11) is 1.45. The molecule has 9 heteroatoms. The molecule has 27 heavy (non-hydrogen) atoms. The number of hydrogen-bond acceptors (Lipinski definition) is 8. The quantitative estimate of drug-likeness (QED) is 0.453. The monoisotopic (exact) mass is 385 g/mol. The predicted octanol–water partition coefficient (Wildman–Crippen LogP) is 2.51. The molecule has 0 unspecified atom stereocenters. The van der Waals surface area contributed by atoms with Crippen LogP contribution in [0.2, 0.25) is 0 Å². The Morgan fingerprint density at radius 2 is 2.04 bits per heavy atom. The van der Waals surface area contributed by atoms with E-state index in [1.165, 1.54) is 30.6 Å². The van der Waals surface area contributed by atoms with Gasteiger partial charge in [-0.15, -0.1) is 11.3 Å². The van der Waals surface area contributed by atoms with Gasteiger partial charge in [-0.25, -0.2) is 4.98 Å². The van der Waals surface area contributed by atoms with E-state index in [9.17, 15) is 20.0 Å². The maximum absolute atomic E-state index is 10.9. The molecule has 0 aliphatic heterocycles. The second kappa shape index (κ2) is 7.83. The number of non-ortho nitro benzene ring substituents is 1. The highest BCUT2D eigenvalue weighted by Gasteiger charge is 2.09. The third kappa shape index (κ3) is 4.39. The van der Waals surface area contributed by atoms with Crippen molar-refractivity contribution in [1.29, 1.82) is 0 Å². The minimum atomic E-state index is -1.32. The Morgan fingerprint density at radius 1 is 1.22 bits per heavy atom. The van der Waals surface area contributed by atoms with Crippen molar-refractivity contribution in [2.45, 2.75) is 0 Å². The average molecular weight is 385 g/mol. The number of nitro benzene ring substituents is 1. The van der Waals surface area contributed by atoms with Gasteiger partial charge in [-0.05, 0) is 29.8 Å². The lowest BCUT2D eigenvalue weighted by Gasteiger charge is -2.11. The van der Waals surface area contributed by atoms with Gasteiger partial charge in [-0.3, -0.25) is 10.1 Å². The molecule has 0 N–H and O–H groups in total. The van der Waals surface area contributed by atoms with Gasteiger partial charge in [0.25, 0.3) is 5.69 Å². The second-order valence-electron chi connectivity index (χ2n) is 5.37. The number of thiazole rings is 1. The first-order valence-corrected chi connectivity index (χ1v) is 8.51. The molecule has 0 aliphatic rings. The number of nitrogens with zero attached hydrogens (tertiary/aromatic N) is 2. The average Bonchev–Trinajstić information content (AvgIpc) is 3.06. The van der Waals surface area contributed by atoms with Crippen molar-refractivity contribution in [2.24, 2.45) is 0 Å². The molecule has 0 atom stereocenters. The normalized spacial score (nSPS) is 11.0. The molecule has 0 spiro atoms. The molecule has 0 fully saturated rings. The third-order valence-electron chi connectivity index (χ3n) is 3.55. The maximum atomic E-state index is 10.9. The summed E-state index contributed by atoms with van der Waals surface area (Å²) in [5.74, 6) is -0.637. The van der Waals surface area contributed by atoms with Gasteiger partial charge in [-0.2, -0.15) is 0 Å². The Morgan fingerprint density at radius 3 is 2.74 bits per heavy atom. The molecule has 2 aromatic carbocycles. The number of benzene rings is 2. The first-order valence-electron chi connectivity index (χ1n) is 7.70. The van der Waals surface area contributed by atoms with Gasteiger partial charge < -0.3 is 19.4 Å². The molecule has 0 aliphatic carbocycles. The molecule has 3 aromatic rings. The van der Waals surface area contributed by atoms with Gasteiger partial charge in [0.1, 0.15) is 11.6 Å². The van der Waals surface area contributed by atoms with Crippen LogP contribution in [0.25, 0.3) is 22.4 Å². The van der Waals surface area contributed by atoms with E-state index in [1.54, 1.807) is 36.4 Å². The van der Waals surface area contributed by atoms with E-state index >= 15 is 0 Å². The van der Waals surface area contributed by atoms with Crippen LogP contribution >= 0.6 is 11.3 Å². The number of rotatable bonds is 7. The Bertz CT molecular complexity index is 1040. The van der Waals surface area contributed by atoms with Gasteiger partial charge in [0.05, 0.1) is 28.2 Å². The summed E-state index contributed by atoms with van der Waals surface area (Å²) in [4.78, 5) is 25.3. The van der Waals surface area contributed by atoms with Crippen molar-refractivity contribution in [1.82, 2.24) is 4.98 Å². The van der Waals surface area contributed by atoms with Crippen molar-refractivity contribution >= 4 is 45.4 Å². The summed E-state index contributed by atoms with van der Waals surface area (Å²) in [5.41, 5.74) is 1.50. The first-order chi connectivity index (χ1) is 13.0. The zero-order valence-corrected chi connectivity index (χ0v) is 14.9. The first kappa shape index (κ1) is 18.3. The molecule has 0 bridgehead atoms. The van der Waals surface area contributed by atoms with Crippen LogP contribution in [-0.2, 0) is 4.79 Å². The molecule has 0 radical (unpaired) electrons. The number of ether oxygens (including phenoxy) is 2. The highest BCUT2D eigenvalue weighted by molar-refractivity contribution is 7.19. The minimum Gasteiger partial charge on any atom is -0.546 e. The third-order valence-corrected chi connectivity index (χ3v) is 4.53. The van der Waals surface area contributed by atoms with E-state index < -0.39 is 17.5 Å². The summed E-state index contributed by atoms with van der Waals surface area (Å²) >= 11 is 1.34. The standard InChI is InChI=1S/C18H14N2O6S/c1-25-15-8-11(2-6-14(15)26-10-18(21)22)3-7-17-19-13-5-4-12(20(23)24)9-16(13)27-17/h2-9H,10H2,1H3,(H,21,22)/p-1/b7-3+. The van der Waals surface area contributed by atoms with Crippen molar-refractivity contribution in [3.63, 3.8) is 0 Å². The van der Waals surface area contributed by atoms with Crippen molar-refractivity contribution in [2.75, 3.05) is 13.7 Å². The molecular weight excluding hydrogens is 372 g/mol. The van der Waals surface area contributed by atoms with E-state index in [-0.39, 0.29) is 5.69 Å². The number of methoxy groups -OCH3 is 1. The predicted molar refractivity (Wildman–Crippen MR) is 98.7 cm³/mol. The highest BCUT2D eigenvalue weighted by atomic mass is 32.1. The minimum absolute atomic E-state index is 0.0264. The van der Waals surface area contributed by atoms with E-state index in [0.29, 0.717) is 22.0 Å². The summed E-state index contributed by atoms with van der Waals surface area (Å²) in [6.45, 7) is -0.566. The largest absolute Gasteiger partial charge is 0.546 e. The number of fused-ring (bicyclic) bond motifs is 1. The summed E-state index contributed by atoms with van der Waals surface area (Å²) in [6.07, 6.45) is 3.59. The van der Waals surface area contributed by atoms with Crippen molar-refractivity contribution < 1.29 is 24.3 Å². The fourth-order valence-corrected chi connectivity index (χ4v) is 3.23. The van der Waals surface area contributed by atoms with Gasteiger partial charge in [-0.1, -0.05) is 12.1 Å². The second-order valence-corrected chi connectivity index (χ2v) is 6.43. The number of carboxylic acid groups (broad SMARTS) is 1. The Balaban J connectivity index is 1.81. The van der Waals surface area contributed by atoms with Gasteiger partial charge >= 0.3 is 0 Å². The highest BCUT2D eigenvalue weighted by Crippen LogP contribution is 2.30. The topological polar surface area (TPSA) is 115 Å². The molecule has 0 saturated carbocycles. The number of carbonyl (C=O) groups excluding carboxylic acids is 1. The van der Waals surface area contributed by atoms with Crippen LogP contribution in [0, 0.1) is 10.1 Å². The van der Waals surface area contributed by atoms with Crippen LogP contribution in [0.15, 0.2) is 36.4 Å². The molecule has 138 valence electrons. The maximum Gasteiger partial charge on any atom is 0.270 e. The van der Waals surface area contributed by atoms with Crippen molar-refractivity contribution in [3.05, 3.63) is 57.1 Å². The zero-order valence-electron chi connectivity index (χ0n) is 14.1. The number of aliphatic carboxylic acids is 1. The summed E-state index contributed by atoms with van der Waals surface area (Å²) < 4.78 is 11.0. The Kier molecular flexibility index (Phi) is 5.32. The number of nitro groups is 1. The number of aromatic nitrogens is 1. The van der Waals surface area contributed by atoms with Gasteiger partial charge in [0, 0.05) is 12.1 Å². The molecule has 8 nitrogen and oxygen atoms in total. The summed E-state index contributed by atoms with van der Waals surface area (Å²) in [6, 6.07) is 9.57. The number of hydrogen-bond donors (Lipinski definition) is 0. The molecule has 3 rings (SSSR count). The SMILES string of the molecule is COc1cc(/C=C/c2nc3ccc([N+](=O)[O-])cc3s2)ccc1OCC(=O)[O-]. The fourth-order valence-electron chi connectivity index (χ4n) is 2.33. The molecule has 0 saturated heterocycles. The number of carboxylic acids is 1. The van der Waals surface area contributed by atoms with E-state index in [2.05, 4.69) is 4.98 Å². The van der Waals surface area contributed by atoms with Crippen LogP contribution < -0.4 is 14.6 Å². The lowest BCUT2D eigenvalue weighted by atomic mass is 10.2. The Labute approximate surface area is 157 Å². The van der Waals surface area contributed by atoms with Gasteiger partial charge in [0.15, 0.2) is 11.5 Å². The smallest absolute Gasteiger partial charge is 0.270 e. The van der Waals surface area contributed by atoms with Crippen molar-refractivity contribution in [3.8, 4) is 11.5 Å². The molecule has 1 aromatic heterocycles. The van der Waals surface area contributed by atoms with E-state index in [0.717, 1.165) is 10.3 Å². The fraction of sp³-hybridized carbons (Fsp3) is 0.111. The van der Waals surface area contributed by atoms with Crippen LogP contribution in [0.3, 0.4) is 0 Å². The van der Waals surface area contributed by atoms with E-state index in [4.69, 9.17) is 9.47 Å². The zero-order chi connectivity index (χ0) is 19.4. The molecule has 0 amide bonds. The molecular formula is C18H13N2O6S-. The molecule has 1 heterocycles. The van der Waals surface area contributed by atoms with Crippen LogP contribution in [0.1, 0.15) is 10.6 Å². The van der Waals surface area contributed by atoms with Crippen LogP contribution in [0.4, 0.5) is 5.69 Å². The Hall–Kier alpha value is -3.46.